The molecule has 154 valence electrons. The molecule has 1 saturated heterocycles. The molecule has 30 heavy (non-hydrogen) atoms. The molecule has 2 aromatic carbocycles. The fourth-order valence-corrected chi connectivity index (χ4v) is 3.82. The highest BCUT2D eigenvalue weighted by molar-refractivity contribution is 7.99. The van der Waals surface area contributed by atoms with Gasteiger partial charge in [0, 0.05) is 24.3 Å². The van der Waals surface area contributed by atoms with Crippen molar-refractivity contribution in [1.29, 1.82) is 0 Å². The summed E-state index contributed by atoms with van der Waals surface area (Å²) < 4.78 is 5.72. The summed E-state index contributed by atoms with van der Waals surface area (Å²) in [5.74, 6) is 0.328. The highest BCUT2D eigenvalue weighted by Crippen LogP contribution is 2.32. The van der Waals surface area contributed by atoms with Crippen LogP contribution in [0.2, 0.25) is 0 Å². The lowest BCUT2D eigenvalue weighted by atomic mass is 10.1. The Hall–Kier alpha value is -3.13. The monoisotopic (exact) mass is 422 g/mol. The molecule has 0 aliphatic carbocycles. The van der Waals surface area contributed by atoms with Gasteiger partial charge in [-0.05, 0) is 38.1 Å². The molecule has 0 unspecified atom stereocenters. The van der Waals surface area contributed by atoms with Gasteiger partial charge in [-0.3, -0.25) is 9.59 Å². The van der Waals surface area contributed by atoms with Crippen molar-refractivity contribution in [3.05, 3.63) is 65.5 Å². The largest absolute Gasteiger partial charge is 0.416 e. The number of nitrogens with zero attached hydrogens (tertiary/aromatic N) is 3. The maximum atomic E-state index is 12.4. The number of anilines is 2. The van der Waals surface area contributed by atoms with E-state index in [-0.39, 0.29) is 23.5 Å². The summed E-state index contributed by atoms with van der Waals surface area (Å²) in [4.78, 5) is 26.3. The van der Waals surface area contributed by atoms with Gasteiger partial charge in [0.25, 0.3) is 5.22 Å². The summed E-state index contributed by atoms with van der Waals surface area (Å²) in [6, 6.07) is 15.5. The Bertz CT molecular complexity index is 1050. The molecular formula is C22H22N4O3S. The summed E-state index contributed by atoms with van der Waals surface area (Å²) >= 11 is 1.18. The van der Waals surface area contributed by atoms with Gasteiger partial charge >= 0.3 is 0 Å². The Labute approximate surface area is 178 Å². The minimum atomic E-state index is -0.151. The van der Waals surface area contributed by atoms with E-state index in [1.54, 1.807) is 4.90 Å². The van der Waals surface area contributed by atoms with Crippen molar-refractivity contribution in [3.63, 3.8) is 0 Å². The van der Waals surface area contributed by atoms with Crippen LogP contribution in [-0.2, 0) is 9.59 Å². The Morgan fingerprint density at radius 1 is 1.10 bits per heavy atom. The van der Waals surface area contributed by atoms with E-state index in [0.717, 1.165) is 22.5 Å². The molecule has 1 aliphatic heterocycles. The first kappa shape index (κ1) is 20.2. The fraction of sp³-hybridized carbons (Fsp3) is 0.273. The van der Waals surface area contributed by atoms with Crippen LogP contribution in [0.25, 0.3) is 0 Å². The van der Waals surface area contributed by atoms with Crippen molar-refractivity contribution in [2.24, 2.45) is 0 Å². The van der Waals surface area contributed by atoms with E-state index < -0.39 is 0 Å². The Morgan fingerprint density at radius 3 is 2.47 bits per heavy atom. The van der Waals surface area contributed by atoms with Crippen LogP contribution in [0.3, 0.4) is 0 Å². The van der Waals surface area contributed by atoms with Crippen LogP contribution < -0.4 is 10.2 Å². The van der Waals surface area contributed by atoms with E-state index in [0.29, 0.717) is 24.1 Å². The molecule has 2 amide bonds. The third kappa shape index (κ3) is 4.71. The molecular weight excluding hydrogens is 400 g/mol. The first-order valence-electron chi connectivity index (χ1n) is 9.67. The molecule has 1 aliphatic rings. The Morgan fingerprint density at radius 2 is 1.77 bits per heavy atom. The van der Waals surface area contributed by atoms with Gasteiger partial charge in [0.1, 0.15) is 0 Å². The minimum Gasteiger partial charge on any atom is -0.416 e. The lowest BCUT2D eigenvalue weighted by Crippen LogP contribution is -2.24. The number of aryl methyl sites for hydroxylation is 2. The van der Waals surface area contributed by atoms with Crippen LogP contribution in [0.1, 0.15) is 29.4 Å². The second-order valence-corrected chi connectivity index (χ2v) is 8.28. The van der Waals surface area contributed by atoms with Crippen LogP contribution in [0, 0.1) is 13.8 Å². The first-order valence-corrected chi connectivity index (χ1v) is 10.7. The molecule has 1 N–H and O–H groups in total. The molecule has 1 fully saturated rings. The van der Waals surface area contributed by atoms with Crippen LogP contribution >= 0.6 is 11.8 Å². The van der Waals surface area contributed by atoms with Crippen molar-refractivity contribution in [1.82, 2.24) is 10.2 Å². The molecule has 0 spiro atoms. The SMILES string of the molecule is Cc1ccc(NC(=O)CSc2nnc([C@H]3CC(=O)N(c4ccc(C)cc4)C3)o2)cc1. The van der Waals surface area contributed by atoms with Crippen LogP contribution in [0.4, 0.5) is 11.4 Å². The highest BCUT2D eigenvalue weighted by Gasteiger charge is 2.35. The van der Waals surface area contributed by atoms with Gasteiger partial charge in [0.05, 0.1) is 11.7 Å². The molecule has 4 rings (SSSR count). The molecule has 2 heterocycles. The molecule has 0 radical (unpaired) electrons. The predicted molar refractivity (Wildman–Crippen MR) is 116 cm³/mol. The molecule has 0 bridgehead atoms. The number of benzene rings is 2. The zero-order chi connectivity index (χ0) is 21.1. The van der Waals surface area contributed by atoms with Gasteiger partial charge < -0.3 is 14.6 Å². The summed E-state index contributed by atoms with van der Waals surface area (Å²) in [5.41, 5.74) is 3.90. The van der Waals surface area contributed by atoms with Crippen LogP contribution in [-0.4, -0.2) is 34.3 Å². The number of rotatable bonds is 6. The highest BCUT2D eigenvalue weighted by atomic mass is 32.2. The predicted octanol–water partition coefficient (Wildman–Crippen LogP) is 3.94. The van der Waals surface area contributed by atoms with Gasteiger partial charge in [0.15, 0.2) is 0 Å². The van der Waals surface area contributed by atoms with Gasteiger partial charge in [-0.2, -0.15) is 0 Å². The van der Waals surface area contributed by atoms with Gasteiger partial charge in [-0.15, -0.1) is 10.2 Å². The zero-order valence-corrected chi connectivity index (χ0v) is 17.6. The van der Waals surface area contributed by atoms with E-state index >= 15 is 0 Å². The number of carbonyl (C=O) groups excluding carboxylic acids is 2. The second kappa shape index (κ2) is 8.71. The van der Waals surface area contributed by atoms with E-state index in [4.69, 9.17) is 4.42 Å². The summed E-state index contributed by atoms with van der Waals surface area (Å²) in [6.45, 7) is 4.51. The molecule has 0 saturated carbocycles. The Balaban J connectivity index is 1.32. The van der Waals surface area contributed by atoms with E-state index in [1.807, 2.05) is 62.4 Å². The number of aromatic nitrogens is 2. The van der Waals surface area contributed by atoms with Gasteiger partial charge in [-0.25, -0.2) is 0 Å². The molecule has 7 nitrogen and oxygen atoms in total. The van der Waals surface area contributed by atoms with Crippen LogP contribution in [0.5, 0.6) is 0 Å². The lowest BCUT2D eigenvalue weighted by molar-refractivity contribution is -0.117. The fourth-order valence-electron chi connectivity index (χ4n) is 3.25. The zero-order valence-electron chi connectivity index (χ0n) is 16.8. The molecule has 3 aromatic rings. The third-order valence-electron chi connectivity index (χ3n) is 4.90. The number of hydrogen-bond donors (Lipinski definition) is 1. The normalized spacial score (nSPS) is 16.1. The third-order valence-corrected chi connectivity index (χ3v) is 5.72. The number of amides is 2. The first-order chi connectivity index (χ1) is 14.5. The maximum absolute atomic E-state index is 12.4. The van der Waals surface area contributed by atoms with Crippen molar-refractivity contribution in [3.8, 4) is 0 Å². The number of thioether (sulfide) groups is 1. The minimum absolute atomic E-state index is 0.0359. The number of nitrogens with one attached hydrogen (secondary N) is 1. The average molecular weight is 423 g/mol. The van der Waals surface area contributed by atoms with E-state index in [9.17, 15) is 9.59 Å². The van der Waals surface area contributed by atoms with Gasteiger partial charge in [-0.1, -0.05) is 47.2 Å². The van der Waals surface area contributed by atoms with Gasteiger partial charge in [0.2, 0.25) is 17.7 Å². The molecule has 1 atom stereocenters. The topological polar surface area (TPSA) is 88.3 Å². The maximum Gasteiger partial charge on any atom is 0.277 e. The summed E-state index contributed by atoms with van der Waals surface area (Å²) in [7, 11) is 0. The number of hydrogen-bond acceptors (Lipinski definition) is 6. The molecule has 8 heteroatoms. The smallest absolute Gasteiger partial charge is 0.277 e. The molecule has 1 aromatic heterocycles. The quantitative estimate of drug-likeness (QED) is 0.606. The number of carbonyl (C=O) groups is 2. The standard InChI is InChI=1S/C22H22N4O3S/c1-14-3-7-17(8-4-14)23-19(27)13-30-22-25-24-21(29-22)16-11-20(28)26(12-16)18-9-5-15(2)6-10-18/h3-10,16H,11-13H2,1-2H3,(H,23,27)/t16-/m0/s1. The van der Waals surface area contributed by atoms with Crippen molar-refractivity contribution in [2.45, 2.75) is 31.4 Å². The van der Waals surface area contributed by atoms with E-state index in [1.165, 1.54) is 11.8 Å². The summed E-state index contributed by atoms with van der Waals surface area (Å²) in [6.07, 6.45) is 0.327. The summed E-state index contributed by atoms with van der Waals surface area (Å²) in [5, 5.41) is 11.3. The lowest BCUT2D eigenvalue weighted by Gasteiger charge is -2.16. The van der Waals surface area contributed by atoms with E-state index in [2.05, 4.69) is 15.5 Å². The Kier molecular flexibility index (Phi) is 5.85. The van der Waals surface area contributed by atoms with Crippen molar-refractivity contribution in [2.75, 3.05) is 22.5 Å². The average Bonchev–Trinajstić information content (AvgIpc) is 3.35. The van der Waals surface area contributed by atoms with Crippen molar-refractivity contribution >= 4 is 35.0 Å². The second-order valence-electron chi connectivity index (χ2n) is 7.35. The van der Waals surface area contributed by atoms with Crippen molar-refractivity contribution < 1.29 is 14.0 Å². The van der Waals surface area contributed by atoms with Crippen LogP contribution in [0.15, 0.2) is 58.2 Å².